The molecule has 0 unspecified atom stereocenters. The van der Waals surface area contributed by atoms with Gasteiger partial charge in [-0.1, -0.05) is 0 Å². The molecule has 0 amide bonds. The molecule has 0 aromatic rings. The molecule has 0 aliphatic rings. The van der Waals surface area contributed by atoms with Crippen molar-refractivity contribution in [3.8, 4) is 0 Å². The fourth-order valence-electron chi connectivity index (χ4n) is 1.46. The van der Waals surface area contributed by atoms with Crippen LogP contribution in [0.25, 0.3) is 0 Å². The Morgan fingerprint density at radius 1 is 0.680 bits per heavy atom. The number of aliphatic carboxylic acids is 4. The summed E-state index contributed by atoms with van der Waals surface area (Å²) in [7, 11) is 0. The van der Waals surface area contributed by atoms with Gasteiger partial charge in [-0.2, -0.15) is 0 Å². The minimum absolute atomic E-state index is 0. The Morgan fingerprint density at radius 3 is 1.12 bits per heavy atom. The zero-order chi connectivity index (χ0) is 15.7. The van der Waals surface area contributed by atoms with Crippen molar-refractivity contribution in [2.75, 3.05) is 39.3 Å². The molecule has 0 heterocycles. The molecule has 0 aliphatic heterocycles. The van der Waals surface area contributed by atoms with Crippen molar-refractivity contribution < 1.29 is 129 Å². The quantitative estimate of drug-likeness (QED) is 0.290. The monoisotopic (exact) mass is 436 g/mol. The van der Waals surface area contributed by atoms with Gasteiger partial charge in [-0.3, -0.25) is 19.4 Å². The zero-order valence-electron chi connectivity index (χ0n) is 14.2. The first-order valence-corrected chi connectivity index (χ1v) is 5.48. The third-order valence-electron chi connectivity index (χ3n) is 2.16. The molecule has 0 aromatic carbocycles. The molecule has 6 N–H and O–H groups in total. The van der Waals surface area contributed by atoms with Gasteiger partial charge < -0.3 is 41.0 Å². The van der Waals surface area contributed by atoms with Gasteiger partial charge in [-0.15, -0.1) is 0 Å². The number of hydrogen-bond acceptors (Lipinski definition) is 8. The molecule has 0 rings (SSSR count). The summed E-state index contributed by atoms with van der Waals surface area (Å²) in [6, 6.07) is 0. The summed E-state index contributed by atoms with van der Waals surface area (Å²) in [5, 5.41) is 38.0. The van der Waals surface area contributed by atoms with E-state index >= 15 is 0 Å². The fraction of sp³-hybridized carbons (Fsp3) is 0.600. The second kappa shape index (κ2) is 22.4. The number of hydrogen-bond donors (Lipinski definition) is 2. The van der Waals surface area contributed by atoms with Crippen LogP contribution in [-0.4, -0.2) is 94.1 Å². The summed E-state index contributed by atoms with van der Waals surface area (Å²) >= 11 is 0. The van der Waals surface area contributed by atoms with E-state index in [1.807, 2.05) is 0 Å². The molecule has 0 aliphatic carbocycles. The maximum atomic E-state index is 10.5. The van der Waals surface area contributed by atoms with Gasteiger partial charge in [0.2, 0.25) is 0 Å². The summed E-state index contributed by atoms with van der Waals surface area (Å²) < 4.78 is 0. The normalized spacial score (nSPS) is 8.56. The standard InChI is InChI=1S/C10H16N2O8.2Na.2H2O.Zn/c13-7(14)3-11(4-8(15)16)1-2-12(5-9(17)18)6-10(19)20;;;;;/h1-6H2,(H,13,14)(H,15,16)(H,17,18)(H,19,20);;;2*1H2;/q;2*+1;;;/p-2. The van der Waals surface area contributed by atoms with E-state index in [1.54, 1.807) is 0 Å². The van der Waals surface area contributed by atoms with Crippen LogP contribution in [0.3, 0.4) is 0 Å². The van der Waals surface area contributed by atoms with E-state index in [-0.39, 0.29) is 103 Å². The topological polar surface area (TPSA) is 224 Å². The van der Waals surface area contributed by atoms with Crippen molar-refractivity contribution in [3.05, 3.63) is 0 Å². The molecule has 15 heteroatoms. The molecule has 0 saturated heterocycles. The van der Waals surface area contributed by atoms with E-state index in [4.69, 9.17) is 10.2 Å². The van der Waals surface area contributed by atoms with Gasteiger partial charge in [0.25, 0.3) is 0 Å². The molecule has 0 radical (unpaired) electrons. The molecule has 0 fully saturated rings. The molecule has 132 valence electrons. The van der Waals surface area contributed by atoms with Gasteiger partial charge >= 0.3 is 71.1 Å². The largest absolute Gasteiger partial charge is 1.00 e. The van der Waals surface area contributed by atoms with Crippen LogP contribution < -0.4 is 69.3 Å². The first kappa shape index (κ1) is 40.1. The summed E-state index contributed by atoms with van der Waals surface area (Å²) in [6.07, 6.45) is 0. The third-order valence-corrected chi connectivity index (χ3v) is 2.16. The van der Waals surface area contributed by atoms with Gasteiger partial charge in [0.15, 0.2) is 0 Å². The number of carbonyl (C=O) groups is 4. The Bertz CT molecular complexity index is 334. The molecule has 0 atom stereocenters. The molecule has 0 saturated carbocycles. The van der Waals surface area contributed by atoms with Gasteiger partial charge in [0.05, 0.1) is 25.0 Å². The van der Waals surface area contributed by atoms with Gasteiger partial charge in [0, 0.05) is 45.7 Å². The van der Waals surface area contributed by atoms with Crippen LogP contribution in [0.5, 0.6) is 0 Å². The van der Waals surface area contributed by atoms with E-state index in [0.29, 0.717) is 0 Å². The smallest absolute Gasteiger partial charge is 0.549 e. The first-order valence-electron chi connectivity index (χ1n) is 5.48. The van der Waals surface area contributed by atoms with Crippen LogP contribution in [0.4, 0.5) is 0 Å². The summed E-state index contributed by atoms with van der Waals surface area (Å²) in [6.45, 7) is -2.75. The molecule has 25 heavy (non-hydrogen) atoms. The van der Waals surface area contributed by atoms with Gasteiger partial charge in [-0.25, -0.2) is 0 Å². The first-order chi connectivity index (χ1) is 9.20. The van der Waals surface area contributed by atoms with Crippen molar-refractivity contribution in [3.63, 3.8) is 0 Å². The average molecular weight is 438 g/mol. The molecule has 0 bridgehead atoms. The Hall–Kier alpha value is 0.343. The Kier molecular flexibility index (Phi) is 35.9. The van der Waals surface area contributed by atoms with Gasteiger partial charge in [0.1, 0.15) is 0 Å². The predicted octanol–water partition coefficient (Wildman–Crippen LogP) is -12.4. The van der Waals surface area contributed by atoms with Crippen LogP contribution in [0, 0.1) is 0 Å². The Balaban J connectivity index is -0.000000180. The predicted molar refractivity (Wildman–Crippen MR) is 65.4 cm³/mol. The fourth-order valence-corrected chi connectivity index (χ4v) is 1.46. The van der Waals surface area contributed by atoms with Crippen LogP contribution in [0.1, 0.15) is 0 Å². The number of rotatable bonds is 11. The van der Waals surface area contributed by atoms with Crippen LogP contribution >= 0.6 is 0 Å². The Morgan fingerprint density at radius 2 is 0.920 bits per heavy atom. The number of carbonyl (C=O) groups excluding carboxylic acids is 2. The number of carboxylic acids is 4. The molecule has 0 aromatic heterocycles. The van der Waals surface area contributed by atoms with E-state index in [2.05, 4.69) is 0 Å². The van der Waals surface area contributed by atoms with Crippen LogP contribution in [0.2, 0.25) is 0 Å². The zero-order valence-corrected chi connectivity index (χ0v) is 21.2. The van der Waals surface area contributed by atoms with Crippen molar-refractivity contribution in [1.82, 2.24) is 9.80 Å². The van der Waals surface area contributed by atoms with Crippen molar-refractivity contribution in [2.24, 2.45) is 0 Å². The molecule has 12 nitrogen and oxygen atoms in total. The Labute approximate surface area is 200 Å². The van der Waals surface area contributed by atoms with E-state index in [9.17, 15) is 29.4 Å². The second-order valence-electron chi connectivity index (χ2n) is 3.95. The van der Waals surface area contributed by atoms with Gasteiger partial charge in [-0.05, 0) is 0 Å². The summed E-state index contributed by atoms with van der Waals surface area (Å²) in [5.41, 5.74) is 0. The average Bonchev–Trinajstić information content (AvgIpc) is 2.22. The molecular weight excluding hydrogens is 419 g/mol. The van der Waals surface area contributed by atoms with Crippen LogP contribution in [-0.2, 0) is 38.7 Å². The second-order valence-corrected chi connectivity index (χ2v) is 3.95. The molecule has 0 spiro atoms. The third kappa shape index (κ3) is 26.7. The van der Waals surface area contributed by atoms with Crippen molar-refractivity contribution in [2.45, 2.75) is 0 Å². The van der Waals surface area contributed by atoms with Crippen molar-refractivity contribution in [1.29, 1.82) is 0 Å². The minimum atomic E-state index is -1.51. The van der Waals surface area contributed by atoms with Crippen LogP contribution in [0.15, 0.2) is 0 Å². The van der Waals surface area contributed by atoms with E-state index in [0.717, 1.165) is 9.80 Å². The minimum Gasteiger partial charge on any atom is -0.549 e. The van der Waals surface area contributed by atoms with E-state index < -0.39 is 50.1 Å². The summed E-state index contributed by atoms with van der Waals surface area (Å²) in [4.78, 5) is 43.9. The van der Waals surface area contributed by atoms with E-state index in [1.165, 1.54) is 0 Å². The SMILES string of the molecule is O.O.O=C([O-])CN(CCN(CC(=O)O)CC(=O)O)CC(=O)[O-].[Na+].[Na+].[Zn]. The van der Waals surface area contributed by atoms with Crippen molar-refractivity contribution >= 4 is 23.9 Å². The maximum absolute atomic E-state index is 10.5. The molecular formula is C10H18N2Na2O10Zn. The number of nitrogens with zero attached hydrogens (tertiary/aromatic N) is 2. The maximum Gasteiger partial charge on any atom is 1.00 e. The number of carboxylic acid groups (broad SMARTS) is 4. The summed E-state index contributed by atoms with van der Waals surface area (Å²) in [5.74, 6) is -5.52.